The van der Waals surface area contributed by atoms with Crippen LogP contribution in [0, 0.1) is 0 Å². The highest BCUT2D eigenvalue weighted by atomic mass is 32.2. The van der Waals surface area contributed by atoms with Crippen molar-refractivity contribution < 1.29 is 27.5 Å². The average Bonchev–Trinajstić information content (AvgIpc) is 3.57. The van der Waals surface area contributed by atoms with Crippen LogP contribution in [0.5, 0.6) is 0 Å². The summed E-state index contributed by atoms with van der Waals surface area (Å²) >= 11 is 2.89. The van der Waals surface area contributed by atoms with Crippen LogP contribution in [-0.2, 0) is 29.1 Å². The molecule has 1 aromatic carbocycles. The molecule has 3 heterocycles. The second-order valence-electron chi connectivity index (χ2n) is 7.63. The van der Waals surface area contributed by atoms with Gasteiger partial charge in [-0.3, -0.25) is 4.79 Å². The quantitative estimate of drug-likeness (QED) is 0.348. The summed E-state index contributed by atoms with van der Waals surface area (Å²) in [5.74, 6) is -1.19. The number of esters is 1. The Morgan fingerprint density at radius 1 is 1.09 bits per heavy atom. The Morgan fingerprint density at radius 2 is 1.83 bits per heavy atom. The molecule has 2 aromatic heterocycles. The van der Waals surface area contributed by atoms with Crippen LogP contribution in [0.25, 0.3) is 11.6 Å². The SMILES string of the molecule is C[C@@H](OC(=O)/C(=C/c1cccs1)c1cccs1)C(=O)Nc1cccc(S(=O)(=O)N2CCOCC2)c1. The van der Waals surface area contributed by atoms with Crippen LogP contribution in [0.3, 0.4) is 0 Å². The Labute approximate surface area is 211 Å². The van der Waals surface area contributed by atoms with E-state index in [0.29, 0.717) is 24.5 Å². The highest BCUT2D eigenvalue weighted by Crippen LogP contribution is 2.26. The van der Waals surface area contributed by atoms with E-state index in [0.717, 1.165) is 9.75 Å². The number of carbonyl (C=O) groups excluding carboxylic acids is 2. The Balaban J connectivity index is 1.45. The van der Waals surface area contributed by atoms with E-state index in [1.165, 1.54) is 46.0 Å². The van der Waals surface area contributed by atoms with Gasteiger partial charge in [0.25, 0.3) is 5.91 Å². The molecule has 11 heteroatoms. The lowest BCUT2D eigenvalue weighted by atomic mass is 10.2. The summed E-state index contributed by atoms with van der Waals surface area (Å²) in [6, 6.07) is 13.4. The number of nitrogens with one attached hydrogen (secondary N) is 1. The van der Waals surface area contributed by atoms with Crippen LogP contribution in [0.2, 0.25) is 0 Å². The van der Waals surface area contributed by atoms with E-state index in [2.05, 4.69) is 5.32 Å². The van der Waals surface area contributed by atoms with Crippen molar-refractivity contribution in [1.29, 1.82) is 0 Å². The number of sulfonamides is 1. The molecule has 1 N–H and O–H groups in total. The lowest BCUT2D eigenvalue weighted by Crippen LogP contribution is -2.40. The fourth-order valence-corrected chi connectivity index (χ4v) is 6.21. The van der Waals surface area contributed by atoms with Crippen LogP contribution in [0.1, 0.15) is 16.7 Å². The van der Waals surface area contributed by atoms with E-state index in [9.17, 15) is 18.0 Å². The number of thiophene rings is 2. The second kappa shape index (κ2) is 11.3. The third-order valence-corrected chi connectivity index (χ3v) is 8.82. The number of carbonyl (C=O) groups is 2. The molecule has 1 amide bonds. The van der Waals surface area contributed by atoms with Gasteiger partial charge in [-0.15, -0.1) is 22.7 Å². The van der Waals surface area contributed by atoms with Gasteiger partial charge in [-0.1, -0.05) is 18.2 Å². The minimum absolute atomic E-state index is 0.0701. The zero-order valence-electron chi connectivity index (χ0n) is 18.9. The van der Waals surface area contributed by atoms with Crippen LogP contribution in [0.4, 0.5) is 5.69 Å². The molecule has 0 bridgehead atoms. The van der Waals surface area contributed by atoms with E-state index in [1.807, 2.05) is 35.0 Å². The summed E-state index contributed by atoms with van der Waals surface area (Å²) in [4.78, 5) is 27.4. The van der Waals surface area contributed by atoms with E-state index in [4.69, 9.17) is 9.47 Å². The maximum atomic E-state index is 12.9. The van der Waals surface area contributed by atoms with Gasteiger partial charge < -0.3 is 14.8 Å². The smallest absolute Gasteiger partial charge is 0.340 e. The number of anilines is 1. The van der Waals surface area contributed by atoms with Crippen molar-refractivity contribution in [1.82, 2.24) is 4.31 Å². The molecular formula is C24H24N2O6S3. The molecule has 0 unspecified atom stereocenters. The molecule has 1 saturated heterocycles. The molecule has 1 fully saturated rings. The summed E-state index contributed by atoms with van der Waals surface area (Å²) in [6.07, 6.45) is 0.636. The van der Waals surface area contributed by atoms with Gasteiger partial charge in [0.05, 0.1) is 23.7 Å². The van der Waals surface area contributed by atoms with Crippen molar-refractivity contribution in [2.45, 2.75) is 17.9 Å². The molecule has 0 saturated carbocycles. The standard InChI is InChI=1S/C24H24N2O6S3/c1-17(32-24(28)21(22-8-4-14-34-22)16-19-6-3-13-33-19)23(27)25-18-5-2-7-20(15-18)35(29,30)26-9-11-31-12-10-26/h2-8,13-17H,9-12H2,1H3,(H,25,27)/b21-16+/t17-/m1/s1. The van der Waals surface area contributed by atoms with E-state index in [1.54, 1.807) is 18.2 Å². The van der Waals surface area contributed by atoms with Crippen LogP contribution in [0.15, 0.2) is 64.2 Å². The normalized spacial score (nSPS) is 16.0. The first-order valence-corrected chi connectivity index (χ1v) is 14.0. The van der Waals surface area contributed by atoms with Gasteiger partial charge in [0.15, 0.2) is 6.10 Å². The minimum atomic E-state index is -3.71. The van der Waals surface area contributed by atoms with Crippen molar-refractivity contribution in [3.8, 4) is 0 Å². The topological polar surface area (TPSA) is 102 Å². The summed E-state index contributed by atoms with van der Waals surface area (Å²) in [5, 5.41) is 6.41. The molecule has 1 aliphatic rings. The number of rotatable bonds is 8. The molecule has 8 nitrogen and oxygen atoms in total. The monoisotopic (exact) mass is 532 g/mol. The van der Waals surface area contributed by atoms with E-state index < -0.39 is 28.0 Å². The summed E-state index contributed by atoms with van der Waals surface area (Å²) in [7, 11) is -3.71. The second-order valence-corrected chi connectivity index (χ2v) is 11.5. The number of ether oxygens (including phenoxy) is 2. The first-order valence-electron chi connectivity index (χ1n) is 10.8. The van der Waals surface area contributed by atoms with Gasteiger partial charge in [0.1, 0.15) is 0 Å². The Bertz CT molecular complexity index is 1290. The van der Waals surface area contributed by atoms with Crippen molar-refractivity contribution in [3.63, 3.8) is 0 Å². The first-order chi connectivity index (χ1) is 16.8. The summed E-state index contributed by atoms with van der Waals surface area (Å²) < 4.78 is 37.9. The predicted octanol–water partition coefficient (Wildman–Crippen LogP) is 3.94. The maximum absolute atomic E-state index is 12.9. The summed E-state index contributed by atoms with van der Waals surface area (Å²) in [5.41, 5.74) is 0.653. The fourth-order valence-electron chi connectivity index (χ4n) is 3.37. The molecule has 0 spiro atoms. The third kappa shape index (κ3) is 6.24. The van der Waals surface area contributed by atoms with E-state index >= 15 is 0 Å². The predicted molar refractivity (Wildman–Crippen MR) is 137 cm³/mol. The molecule has 0 radical (unpaired) electrons. The highest BCUT2D eigenvalue weighted by Gasteiger charge is 2.27. The van der Waals surface area contributed by atoms with Crippen LogP contribution >= 0.6 is 22.7 Å². The van der Waals surface area contributed by atoms with Gasteiger partial charge in [0.2, 0.25) is 10.0 Å². The van der Waals surface area contributed by atoms with Crippen molar-refractivity contribution in [2.75, 3.05) is 31.6 Å². The third-order valence-electron chi connectivity index (χ3n) is 5.20. The molecular weight excluding hydrogens is 508 g/mol. The zero-order valence-corrected chi connectivity index (χ0v) is 21.3. The number of morpholine rings is 1. The number of benzene rings is 1. The van der Waals surface area contributed by atoms with Gasteiger partial charge in [-0.05, 0) is 54.1 Å². The molecule has 4 rings (SSSR count). The zero-order chi connectivity index (χ0) is 24.8. The molecule has 1 atom stereocenters. The van der Waals surface area contributed by atoms with Crippen molar-refractivity contribution >= 4 is 61.9 Å². The highest BCUT2D eigenvalue weighted by molar-refractivity contribution is 7.89. The van der Waals surface area contributed by atoms with Crippen LogP contribution in [-0.4, -0.2) is 57.0 Å². The van der Waals surface area contributed by atoms with Gasteiger partial charge in [-0.2, -0.15) is 4.31 Å². The number of hydrogen-bond acceptors (Lipinski definition) is 8. The first kappa shape index (κ1) is 25.3. The summed E-state index contributed by atoms with van der Waals surface area (Å²) in [6.45, 7) is 2.70. The minimum Gasteiger partial charge on any atom is -0.449 e. The lowest BCUT2D eigenvalue weighted by molar-refractivity contribution is -0.147. The number of amides is 1. The molecule has 35 heavy (non-hydrogen) atoms. The molecule has 3 aromatic rings. The van der Waals surface area contributed by atoms with Gasteiger partial charge in [0, 0.05) is 28.5 Å². The van der Waals surface area contributed by atoms with Gasteiger partial charge in [-0.25, -0.2) is 13.2 Å². The molecule has 0 aliphatic carbocycles. The average molecular weight is 533 g/mol. The fraction of sp³-hybridized carbons (Fsp3) is 0.250. The lowest BCUT2D eigenvalue weighted by Gasteiger charge is -2.26. The Kier molecular flexibility index (Phi) is 8.14. The molecule has 184 valence electrons. The number of hydrogen-bond donors (Lipinski definition) is 1. The largest absolute Gasteiger partial charge is 0.449 e. The maximum Gasteiger partial charge on any atom is 0.340 e. The van der Waals surface area contributed by atoms with Crippen molar-refractivity contribution in [3.05, 3.63) is 69.0 Å². The van der Waals surface area contributed by atoms with Gasteiger partial charge >= 0.3 is 5.97 Å². The number of nitrogens with zero attached hydrogens (tertiary/aromatic N) is 1. The Morgan fingerprint density at radius 3 is 2.51 bits per heavy atom. The van der Waals surface area contributed by atoms with E-state index in [-0.39, 0.29) is 18.0 Å². The van der Waals surface area contributed by atoms with Crippen molar-refractivity contribution in [2.24, 2.45) is 0 Å². The Hall–Kier alpha value is -2.83. The molecule has 1 aliphatic heterocycles. The van der Waals surface area contributed by atoms with Crippen LogP contribution < -0.4 is 5.32 Å².